The van der Waals surface area contributed by atoms with E-state index < -0.39 is 12.1 Å². The molecule has 0 aromatic carbocycles. The van der Waals surface area contributed by atoms with Crippen LogP contribution in [-0.4, -0.2) is 52.9 Å². The maximum Gasteiger partial charge on any atom is 0.317 e. The molecule has 1 amide bonds. The van der Waals surface area contributed by atoms with E-state index in [1.165, 1.54) is 4.90 Å². The molecule has 0 saturated carbocycles. The van der Waals surface area contributed by atoms with Crippen molar-refractivity contribution in [3.05, 3.63) is 12.2 Å². The van der Waals surface area contributed by atoms with Crippen LogP contribution < -0.4 is 5.32 Å². The average molecular weight is 286 g/mol. The predicted molar refractivity (Wildman–Crippen MR) is 77.2 cm³/mol. The quantitative estimate of drug-likeness (QED) is 0.299. The van der Waals surface area contributed by atoms with Gasteiger partial charge in [0.1, 0.15) is 0 Å². The van der Waals surface area contributed by atoms with E-state index in [2.05, 4.69) is 11.4 Å². The van der Waals surface area contributed by atoms with Crippen molar-refractivity contribution >= 4 is 11.9 Å². The molecule has 0 saturated heterocycles. The van der Waals surface area contributed by atoms with Crippen LogP contribution in [0.1, 0.15) is 39.5 Å². The number of amides is 1. The van der Waals surface area contributed by atoms with Crippen LogP contribution >= 0.6 is 0 Å². The van der Waals surface area contributed by atoms with Gasteiger partial charge in [0, 0.05) is 13.0 Å². The summed E-state index contributed by atoms with van der Waals surface area (Å²) in [6.45, 7) is 3.70. The van der Waals surface area contributed by atoms with Crippen LogP contribution in [0.2, 0.25) is 0 Å². The van der Waals surface area contributed by atoms with Crippen LogP contribution in [0, 0.1) is 0 Å². The van der Waals surface area contributed by atoms with Crippen molar-refractivity contribution in [1.82, 2.24) is 10.2 Å². The summed E-state index contributed by atoms with van der Waals surface area (Å²) in [5.41, 5.74) is 0. The lowest BCUT2D eigenvalue weighted by molar-refractivity contribution is -0.139. The Morgan fingerprint density at radius 3 is 2.60 bits per heavy atom. The van der Waals surface area contributed by atoms with Gasteiger partial charge < -0.3 is 15.5 Å². The molecule has 0 spiro atoms. The Labute approximate surface area is 120 Å². The van der Waals surface area contributed by atoms with Crippen molar-refractivity contribution in [1.29, 1.82) is 0 Å². The molecule has 0 aliphatic rings. The number of rotatable bonds is 11. The van der Waals surface area contributed by atoms with Gasteiger partial charge >= 0.3 is 5.97 Å². The minimum atomic E-state index is -0.980. The summed E-state index contributed by atoms with van der Waals surface area (Å²) in [5, 5.41) is 20.7. The van der Waals surface area contributed by atoms with Gasteiger partial charge in [-0.1, -0.05) is 12.2 Å². The zero-order valence-electron chi connectivity index (χ0n) is 12.3. The molecule has 0 heterocycles. The second kappa shape index (κ2) is 11.4. The number of aliphatic hydroxyl groups is 1. The highest BCUT2D eigenvalue weighted by Gasteiger charge is 2.12. The van der Waals surface area contributed by atoms with E-state index in [1.54, 1.807) is 6.92 Å². The van der Waals surface area contributed by atoms with Crippen LogP contribution in [0.15, 0.2) is 12.2 Å². The van der Waals surface area contributed by atoms with Crippen molar-refractivity contribution in [2.75, 3.05) is 19.8 Å². The number of allylic oxidation sites excluding steroid dienone is 2. The van der Waals surface area contributed by atoms with Gasteiger partial charge in [-0.25, -0.2) is 0 Å². The fraction of sp³-hybridized carbons (Fsp3) is 0.714. The molecule has 0 aliphatic carbocycles. The topological polar surface area (TPSA) is 89.9 Å². The van der Waals surface area contributed by atoms with E-state index in [0.29, 0.717) is 6.42 Å². The molecule has 0 aromatic heterocycles. The summed E-state index contributed by atoms with van der Waals surface area (Å²) in [6.07, 6.45) is 6.60. The Hall–Kier alpha value is -1.40. The lowest BCUT2D eigenvalue weighted by Gasteiger charge is -2.22. The first-order valence-corrected chi connectivity index (χ1v) is 6.95. The van der Waals surface area contributed by atoms with Crippen molar-refractivity contribution < 1.29 is 19.8 Å². The Morgan fingerprint density at radius 2 is 2.05 bits per heavy atom. The van der Waals surface area contributed by atoms with E-state index in [9.17, 15) is 14.7 Å². The lowest BCUT2D eigenvalue weighted by Crippen LogP contribution is -2.43. The highest BCUT2D eigenvalue weighted by molar-refractivity contribution is 5.75. The normalized spacial score (nSPS) is 12.8. The number of carbonyl (C=O) groups excluding carboxylic acids is 1. The molecule has 0 bridgehead atoms. The van der Waals surface area contributed by atoms with E-state index in [4.69, 9.17) is 5.11 Å². The summed E-state index contributed by atoms with van der Waals surface area (Å²) < 4.78 is 0. The third kappa shape index (κ3) is 11.7. The first-order valence-electron chi connectivity index (χ1n) is 6.95. The van der Waals surface area contributed by atoms with Crippen molar-refractivity contribution in [2.24, 2.45) is 0 Å². The molecule has 3 N–H and O–H groups in total. The number of hydrogen-bond donors (Lipinski definition) is 3. The minimum Gasteiger partial charge on any atom is -0.480 e. The molecule has 116 valence electrons. The number of aliphatic carboxylic acids is 1. The second-order valence-electron chi connectivity index (χ2n) is 4.83. The van der Waals surface area contributed by atoms with Gasteiger partial charge in [0.25, 0.3) is 0 Å². The zero-order chi connectivity index (χ0) is 15.4. The van der Waals surface area contributed by atoms with Gasteiger partial charge in [-0.05, 0) is 33.1 Å². The smallest absolute Gasteiger partial charge is 0.317 e. The second-order valence-corrected chi connectivity index (χ2v) is 4.83. The maximum absolute atomic E-state index is 11.6. The van der Waals surface area contributed by atoms with Crippen LogP contribution in [0.5, 0.6) is 0 Å². The van der Waals surface area contributed by atoms with Gasteiger partial charge in [0.15, 0.2) is 0 Å². The molecule has 6 nitrogen and oxygen atoms in total. The van der Waals surface area contributed by atoms with Gasteiger partial charge in [-0.15, -0.1) is 0 Å². The highest BCUT2D eigenvalue weighted by atomic mass is 16.4. The van der Waals surface area contributed by atoms with E-state index >= 15 is 0 Å². The number of nitrogens with zero attached hydrogens (tertiary/aromatic N) is 1. The largest absolute Gasteiger partial charge is 0.480 e. The SMILES string of the molecule is C/C=C/CCCCC(=O)NCN(CC(=O)O)CC(C)O. The summed E-state index contributed by atoms with van der Waals surface area (Å²) in [5.74, 6) is -1.07. The maximum atomic E-state index is 11.6. The van der Waals surface area contributed by atoms with Gasteiger partial charge in [-0.2, -0.15) is 0 Å². The van der Waals surface area contributed by atoms with Crippen molar-refractivity contribution in [3.63, 3.8) is 0 Å². The molecular weight excluding hydrogens is 260 g/mol. The average Bonchev–Trinajstić information content (AvgIpc) is 2.34. The molecule has 0 aliphatic heterocycles. The number of carboxylic acids is 1. The molecule has 1 atom stereocenters. The molecule has 20 heavy (non-hydrogen) atoms. The van der Waals surface area contributed by atoms with Crippen LogP contribution in [0.4, 0.5) is 0 Å². The number of hydrogen-bond acceptors (Lipinski definition) is 4. The minimum absolute atomic E-state index is 0.0912. The number of carboxylic acid groups (broad SMARTS) is 1. The van der Waals surface area contributed by atoms with Crippen molar-refractivity contribution in [2.45, 2.75) is 45.6 Å². The number of unbranched alkanes of at least 4 members (excludes halogenated alkanes) is 2. The van der Waals surface area contributed by atoms with Gasteiger partial charge in [-0.3, -0.25) is 14.5 Å². The van der Waals surface area contributed by atoms with Gasteiger partial charge in [0.2, 0.25) is 5.91 Å². The molecular formula is C14H26N2O4. The number of aliphatic hydroxyl groups excluding tert-OH is 1. The summed E-state index contributed by atoms with van der Waals surface area (Å²) >= 11 is 0. The van der Waals surface area contributed by atoms with Crippen LogP contribution in [0.3, 0.4) is 0 Å². The highest BCUT2D eigenvalue weighted by Crippen LogP contribution is 2.00. The first-order chi connectivity index (χ1) is 9.45. The number of nitrogens with one attached hydrogen (secondary N) is 1. The predicted octanol–water partition coefficient (Wildman–Crippen LogP) is 0.964. The third-order valence-electron chi connectivity index (χ3n) is 2.64. The molecule has 6 heteroatoms. The Kier molecular flexibility index (Phi) is 10.6. The van der Waals surface area contributed by atoms with Gasteiger partial charge in [0.05, 0.1) is 19.3 Å². The van der Waals surface area contributed by atoms with E-state index in [1.807, 2.05) is 13.0 Å². The summed E-state index contributed by atoms with van der Waals surface area (Å²) in [7, 11) is 0. The van der Waals surface area contributed by atoms with E-state index in [-0.39, 0.29) is 25.7 Å². The molecule has 1 unspecified atom stereocenters. The zero-order valence-corrected chi connectivity index (χ0v) is 12.3. The fourth-order valence-corrected chi connectivity index (χ4v) is 1.75. The summed E-state index contributed by atoms with van der Waals surface area (Å²) in [6, 6.07) is 0. The number of carbonyl (C=O) groups is 2. The Morgan fingerprint density at radius 1 is 1.35 bits per heavy atom. The molecule has 0 aromatic rings. The Bertz CT molecular complexity index is 316. The fourth-order valence-electron chi connectivity index (χ4n) is 1.75. The van der Waals surface area contributed by atoms with Crippen LogP contribution in [-0.2, 0) is 9.59 Å². The molecule has 0 fully saturated rings. The summed E-state index contributed by atoms with van der Waals surface area (Å²) in [4.78, 5) is 23.7. The molecule has 0 rings (SSSR count). The first kappa shape index (κ1) is 18.6. The molecule has 0 radical (unpaired) electrons. The Balaban J connectivity index is 3.88. The van der Waals surface area contributed by atoms with E-state index in [0.717, 1.165) is 19.3 Å². The standard InChI is InChI=1S/C14H26N2O4/c1-3-4-5-6-7-8-13(18)15-11-16(9-12(2)17)10-14(19)20/h3-4,12,17H,5-11H2,1-2H3,(H,15,18)(H,19,20)/b4-3+. The third-order valence-corrected chi connectivity index (χ3v) is 2.64. The lowest BCUT2D eigenvalue weighted by atomic mass is 10.2. The van der Waals surface area contributed by atoms with Crippen molar-refractivity contribution in [3.8, 4) is 0 Å². The monoisotopic (exact) mass is 286 g/mol. The van der Waals surface area contributed by atoms with Crippen LogP contribution in [0.25, 0.3) is 0 Å².